The Hall–Kier alpha value is -0.350. The SMILES string of the molecule is CCn1nc(C)cc1CNCCBr. The molecule has 13 heavy (non-hydrogen) atoms. The van der Waals surface area contributed by atoms with E-state index in [0.717, 1.165) is 30.7 Å². The summed E-state index contributed by atoms with van der Waals surface area (Å²) in [6, 6.07) is 2.13. The van der Waals surface area contributed by atoms with Crippen LogP contribution in [-0.2, 0) is 13.1 Å². The molecular formula is C9H16BrN3. The Labute approximate surface area is 87.6 Å². The number of rotatable bonds is 5. The van der Waals surface area contributed by atoms with Gasteiger partial charge in [-0.2, -0.15) is 5.10 Å². The van der Waals surface area contributed by atoms with Gasteiger partial charge < -0.3 is 5.32 Å². The molecule has 0 aliphatic carbocycles. The molecule has 0 atom stereocenters. The van der Waals surface area contributed by atoms with Crippen molar-refractivity contribution in [2.75, 3.05) is 11.9 Å². The van der Waals surface area contributed by atoms with Gasteiger partial charge in [0.1, 0.15) is 0 Å². The summed E-state index contributed by atoms with van der Waals surface area (Å²) in [5.41, 5.74) is 2.36. The van der Waals surface area contributed by atoms with Crippen LogP contribution in [0.4, 0.5) is 0 Å². The Bertz CT molecular complexity index is 257. The largest absolute Gasteiger partial charge is 0.310 e. The fraction of sp³-hybridized carbons (Fsp3) is 0.667. The van der Waals surface area contributed by atoms with E-state index < -0.39 is 0 Å². The summed E-state index contributed by atoms with van der Waals surface area (Å²) in [7, 11) is 0. The van der Waals surface area contributed by atoms with E-state index in [1.807, 2.05) is 11.6 Å². The summed E-state index contributed by atoms with van der Waals surface area (Å²) in [6.45, 7) is 6.98. The molecule has 0 amide bonds. The highest BCUT2D eigenvalue weighted by Crippen LogP contribution is 2.02. The molecule has 1 heterocycles. The van der Waals surface area contributed by atoms with Crippen LogP contribution in [0.5, 0.6) is 0 Å². The number of alkyl halides is 1. The first-order valence-corrected chi connectivity index (χ1v) is 5.70. The van der Waals surface area contributed by atoms with Crippen LogP contribution in [0.15, 0.2) is 6.07 Å². The fourth-order valence-electron chi connectivity index (χ4n) is 1.30. The molecule has 0 saturated heterocycles. The second-order valence-electron chi connectivity index (χ2n) is 2.96. The highest BCUT2D eigenvalue weighted by atomic mass is 79.9. The third-order valence-electron chi connectivity index (χ3n) is 1.86. The molecule has 0 aliphatic rings. The van der Waals surface area contributed by atoms with Gasteiger partial charge in [-0.1, -0.05) is 15.9 Å². The van der Waals surface area contributed by atoms with Crippen molar-refractivity contribution in [1.29, 1.82) is 0 Å². The van der Waals surface area contributed by atoms with Crippen LogP contribution in [0.25, 0.3) is 0 Å². The highest BCUT2D eigenvalue weighted by molar-refractivity contribution is 9.09. The van der Waals surface area contributed by atoms with Gasteiger partial charge in [0.15, 0.2) is 0 Å². The molecule has 1 aromatic rings. The molecule has 0 unspecified atom stereocenters. The third kappa shape index (κ3) is 3.12. The average molecular weight is 246 g/mol. The van der Waals surface area contributed by atoms with Crippen LogP contribution < -0.4 is 5.32 Å². The zero-order valence-corrected chi connectivity index (χ0v) is 9.76. The van der Waals surface area contributed by atoms with E-state index in [0.29, 0.717) is 0 Å². The molecule has 1 aromatic heterocycles. The zero-order chi connectivity index (χ0) is 9.68. The molecule has 0 fully saturated rings. The van der Waals surface area contributed by atoms with Crippen LogP contribution in [0.1, 0.15) is 18.3 Å². The van der Waals surface area contributed by atoms with Crippen molar-refractivity contribution < 1.29 is 0 Å². The van der Waals surface area contributed by atoms with Crippen LogP contribution in [0.2, 0.25) is 0 Å². The van der Waals surface area contributed by atoms with E-state index >= 15 is 0 Å². The Morgan fingerprint density at radius 3 is 3.00 bits per heavy atom. The first-order valence-electron chi connectivity index (χ1n) is 4.58. The molecule has 0 radical (unpaired) electrons. The minimum atomic E-state index is 0.903. The van der Waals surface area contributed by atoms with Gasteiger partial charge in [-0.25, -0.2) is 0 Å². The third-order valence-corrected chi connectivity index (χ3v) is 2.26. The van der Waals surface area contributed by atoms with E-state index in [1.165, 1.54) is 5.69 Å². The fourth-order valence-corrected chi connectivity index (χ4v) is 1.58. The number of nitrogens with zero attached hydrogens (tertiary/aromatic N) is 2. The Morgan fingerprint density at radius 1 is 1.62 bits per heavy atom. The Balaban J connectivity index is 2.53. The van der Waals surface area contributed by atoms with Crippen molar-refractivity contribution in [3.05, 3.63) is 17.5 Å². The van der Waals surface area contributed by atoms with Crippen molar-refractivity contribution in [2.45, 2.75) is 26.9 Å². The Morgan fingerprint density at radius 2 is 2.38 bits per heavy atom. The summed E-state index contributed by atoms with van der Waals surface area (Å²) < 4.78 is 2.04. The van der Waals surface area contributed by atoms with Crippen molar-refractivity contribution in [2.24, 2.45) is 0 Å². The monoisotopic (exact) mass is 245 g/mol. The van der Waals surface area contributed by atoms with E-state index in [2.05, 4.69) is 39.3 Å². The van der Waals surface area contributed by atoms with Gasteiger partial charge in [-0.05, 0) is 19.9 Å². The Kier molecular flexibility index (Phi) is 4.45. The topological polar surface area (TPSA) is 29.9 Å². The lowest BCUT2D eigenvalue weighted by Gasteiger charge is -2.04. The first kappa shape index (κ1) is 10.7. The summed E-state index contributed by atoms with van der Waals surface area (Å²) in [4.78, 5) is 0. The van der Waals surface area contributed by atoms with Crippen LogP contribution >= 0.6 is 15.9 Å². The maximum atomic E-state index is 4.37. The van der Waals surface area contributed by atoms with Crippen molar-refractivity contribution in [3.63, 3.8) is 0 Å². The lowest BCUT2D eigenvalue weighted by Crippen LogP contribution is -2.18. The molecule has 0 aromatic carbocycles. The van der Waals surface area contributed by atoms with Crippen molar-refractivity contribution in [3.8, 4) is 0 Å². The smallest absolute Gasteiger partial charge is 0.0597 e. The summed E-state index contributed by atoms with van der Waals surface area (Å²) in [6.07, 6.45) is 0. The zero-order valence-electron chi connectivity index (χ0n) is 8.18. The number of hydrogen-bond donors (Lipinski definition) is 1. The molecule has 0 spiro atoms. The average Bonchev–Trinajstić information content (AvgIpc) is 2.47. The second kappa shape index (κ2) is 5.40. The van der Waals surface area contributed by atoms with E-state index in [9.17, 15) is 0 Å². The summed E-state index contributed by atoms with van der Waals surface area (Å²) in [5.74, 6) is 0. The van der Waals surface area contributed by atoms with Crippen molar-refractivity contribution in [1.82, 2.24) is 15.1 Å². The number of aromatic nitrogens is 2. The maximum Gasteiger partial charge on any atom is 0.0597 e. The number of nitrogens with one attached hydrogen (secondary N) is 1. The predicted molar refractivity (Wildman–Crippen MR) is 58.1 cm³/mol. The predicted octanol–water partition coefficient (Wildman–Crippen LogP) is 1.70. The van der Waals surface area contributed by atoms with Gasteiger partial charge >= 0.3 is 0 Å². The van der Waals surface area contributed by atoms with Gasteiger partial charge in [0.25, 0.3) is 0 Å². The first-order chi connectivity index (χ1) is 6.27. The minimum Gasteiger partial charge on any atom is -0.310 e. The molecule has 0 saturated carbocycles. The molecular weight excluding hydrogens is 230 g/mol. The second-order valence-corrected chi connectivity index (χ2v) is 3.75. The van der Waals surface area contributed by atoms with Gasteiger partial charge in [-0.15, -0.1) is 0 Å². The number of aryl methyl sites for hydroxylation is 2. The van der Waals surface area contributed by atoms with E-state index in [-0.39, 0.29) is 0 Å². The molecule has 4 heteroatoms. The molecule has 74 valence electrons. The molecule has 1 N–H and O–H groups in total. The molecule has 0 aliphatic heterocycles. The minimum absolute atomic E-state index is 0.903. The molecule has 1 rings (SSSR count). The van der Waals surface area contributed by atoms with Crippen LogP contribution in [0.3, 0.4) is 0 Å². The molecule has 0 bridgehead atoms. The van der Waals surface area contributed by atoms with Gasteiger partial charge in [0.05, 0.1) is 11.4 Å². The number of halogens is 1. The lowest BCUT2D eigenvalue weighted by molar-refractivity contribution is 0.588. The normalized spacial score (nSPS) is 10.7. The van der Waals surface area contributed by atoms with E-state index in [1.54, 1.807) is 0 Å². The quantitative estimate of drug-likeness (QED) is 0.633. The highest BCUT2D eigenvalue weighted by Gasteiger charge is 2.02. The molecule has 3 nitrogen and oxygen atoms in total. The van der Waals surface area contributed by atoms with Gasteiger partial charge in [-0.3, -0.25) is 4.68 Å². The van der Waals surface area contributed by atoms with Crippen LogP contribution in [0, 0.1) is 6.92 Å². The number of hydrogen-bond acceptors (Lipinski definition) is 2. The van der Waals surface area contributed by atoms with E-state index in [4.69, 9.17) is 0 Å². The summed E-state index contributed by atoms with van der Waals surface area (Å²) >= 11 is 3.38. The van der Waals surface area contributed by atoms with Crippen molar-refractivity contribution >= 4 is 15.9 Å². The van der Waals surface area contributed by atoms with Gasteiger partial charge in [0.2, 0.25) is 0 Å². The van der Waals surface area contributed by atoms with Gasteiger partial charge in [0, 0.05) is 25.0 Å². The summed E-state index contributed by atoms with van der Waals surface area (Å²) in [5, 5.41) is 8.70. The lowest BCUT2D eigenvalue weighted by atomic mass is 10.3. The van der Waals surface area contributed by atoms with Crippen LogP contribution in [-0.4, -0.2) is 21.7 Å². The standard InChI is InChI=1S/C9H16BrN3/c1-3-13-9(6-8(2)12-13)7-11-5-4-10/h6,11H,3-5,7H2,1-2H3. The maximum absolute atomic E-state index is 4.37.